The zero-order valence-corrected chi connectivity index (χ0v) is 10.9. The molecule has 0 heterocycles. The lowest BCUT2D eigenvalue weighted by molar-refractivity contribution is -0.117. The number of halogens is 2. The highest BCUT2D eigenvalue weighted by molar-refractivity contribution is 6.52. The second-order valence-corrected chi connectivity index (χ2v) is 5.51. The van der Waals surface area contributed by atoms with E-state index in [-0.39, 0.29) is 11.8 Å². The van der Waals surface area contributed by atoms with Gasteiger partial charge in [0.05, 0.1) is 12.5 Å². The summed E-state index contributed by atoms with van der Waals surface area (Å²) in [6.07, 6.45) is 0.513. The molecule has 92 valence electrons. The molecular formula is C12H13Cl2NO2. The Kier molecular flexibility index (Phi) is 3.50. The van der Waals surface area contributed by atoms with Crippen molar-refractivity contribution in [2.24, 2.45) is 5.92 Å². The molecule has 0 aromatic heterocycles. The lowest BCUT2D eigenvalue weighted by Gasteiger charge is -2.07. The Balaban J connectivity index is 1.93. The van der Waals surface area contributed by atoms with Crippen molar-refractivity contribution in [3.8, 4) is 5.75 Å². The van der Waals surface area contributed by atoms with Crippen molar-refractivity contribution in [2.45, 2.75) is 17.7 Å². The van der Waals surface area contributed by atoms with Gasteiger partial charge in [-0.3, -0.25) is 4.79 Å². The fourth-order valence-electron chi connectivity index (χ4n) is 1.53. The fraction of sp³-hybridized carbons (Fsp3) is 0.417. The Hall–Kier alpha value is -0.930. The van der Waals surface area contributed by atoms with Crippen molar-refractivity contribution >= 4 is 34.8 Å². The van der Waals surface area contributed by atoms with Crippen molar-refractivity contribution < 1.29 is 9.53 Å². The van der Waals surface area contributed by atoms with Gasteiger partial charge in [-0.2, -0.15) is 0 Å². The molecule has 2 rings (SSSR count). The van der Waals surface area contributed by atoms with Crippen LogP contribution in [-0.2, 0) is 4.79 Å². The zero-order chi connectivity index (χ0) is 12.5. The topological polar surface area (TPSA) is 38.3 Å². The number of nitrogens with one attached hydrogen (secondary N) is 1. The summed E-state index contributed by atoms with van der Waals surface area (Å²) in [7, 11) is 0. The zero-order valence-electron chi connectivity index (χ0n) is 9.37. The van der Waals surface area contributed by atoms with Crippen LogP contribution in [-0.4, -0.2) is 16.8 Å². The number of amides is 1. The van der Waals surface area contributed by atoms with Crippen LogP contribution >= 0.6 is 23.2 Å². The average Bonchev–Trinajstić information content (AvgIpc) is 2.91. The highest BCUT2D eigenvalue weighted by Gasteiger charge is 2.56. The molecule has 1 amide bonds. The van der Waals surface area contributed by atoms with Crippen LogP contribution in [0.2, 0.25) is 0 Å². The minimum atomic E-state index is -0.880. The quantitative estimate of drug-likeness (QED) is 0.856. The standard InChI is InChI=1S/C12H13Cl2NO2/c1-2-17-9-5-3-8(4-6-9)15-11(16)10-7-12(10,13)14/h3-6,10H,2,7H2,1H3,(H,15,16)/t10-/m0/s1. The Labute approximate surface area is 110 Å². The number of hydrogen-bond donors (Lipinski definition) is 1. The average molecular weight is 274 g/mol. The van der Waals surface area contributed by atoms with Crippen molar-refractivity contribution in [2.75, 3.05) is 11.9 Å². The van der Waals surface area contributed by atoms with Crippen LogP contribution in [0.15, 0.2) is 24.3 Å². The van der Waals surface area contributed by atoms with Gasteiger partial charge in [-0.25, -0.2) is 0 Å². The molecule has 0 radical (unpaired) electrons. The summed E-state index contributed by atoms with van der Waals surface area (Å²) < 4.78 is 4.42. The molecule has 1 aromatic carbocycles. The second kappa shape index (κ2) is 4.75. The molecule has 1 N–H and O–H groups in total. The number of anilines is 1. The molecule has 17 heavy (non-hydrogen) atoms. The maximum atomic E-state index is 11.7. The molecule has 5 heteroatoms. The number of alkyl halides is 2. The van der Waals surface area contributed by atoms with Gasteiger partial charge in [-0.1, -0.05) is 0 Å². The Morgan fingerprint density at radius 1 is 1.47 bits per heavy atom. The first-order chi connectivity index (χ1) is 8.03. The number of carbonyl (C=O) groups excluding carboxylic acids is 1. The van der Waals surface area contributed by atoms with Crippen LogP contribution in [0.4, 0.5) is 5.69 Å². The van der Waals surface area contributed by atoms with Gasteiger partial charge < -0.3 is 10.1 Å². The van der Waals surface area contributed by atoms with Gasteiger partial charge >= 0.3 is 0 Å². The molecule has 1 aliphatic carbocycles. The highest BCUT2D eigenvalue weighted by Crippen LogP contribution is 2.53. The Morgan fingerprint density at radius 3 is 2.53 bits per heavy atom. The molecule has 1 aromatic rings. The van der Waals surface area contributed by atoms with Crippen LogP contribution in [0.1, 0.15) is 13.3 Å². The van der Waals surface area contributed by atoms with E-state index in [2.05, 4.69) is 5.32 Å². The predicted molar refractivity (Wildman–Crippen MR) is 68.8 cm³/mol. The van der Waals surface area contributed by atoms with Crippen molar-refractivity contribution in [1.82, 2.24) is 0 Å². The number of carbonyl (C=O) groups is 1. The third-order valence-electron chi connectivity index (χ3n) is 2.58. The molecule has 1 saturated carbocycles. The Bertz CT molecular complexity index is 417. The normalized spacial score (nSPS) is 20.8. The van der Waals surface area contributed by atoms with Gasteiger partial charge in [0.1, 0.15) is 10.1 Å². The smallest absolute Gasteiger partial charge is 0.230 e. The molecular weight excluding hydrogens is 261 g/mol. The van der Waals surface area contributed by atoms with E-state index < -0.39 is 4.33 Å². The molecule has 3 nitrogen and oxygen atoms in total. The van der Waals surface area contributed by atoms with Crippen molar-refractivity contribution in [3.05, 3.63) is 24.3 Å². The van der Waals surface area contributed by atoms with Gasteiger partial charge in [0.15, 0.2) is 0 Å². The summed E-state index contributed by atoms with van der Waals surface area (Å²) >= 11 is 11.6. The number of rotatable bonds is 4. The summed E-state index contributed by atoms with van der Waals surface area (Å²) in [6.45, 7) is 2.54. The second-order valence-electron chi connectivity index (χ2n) is 3.96. The van der Waals surface area contributed by atoms with Crippen LogP contribution in [0.25, 0.3) is 0 Å². The van der Waals surface area contributed by atoms with Crippen LogP contribution < -0.4 is 10.1 Å². The minimum Gasteiger partial charge on any atom is -0.494 e. The first kappa shape index (κ1) is 12.5. The maximum Gasteiger partial charge on any atom is 0.230 e. The number of ether oxygens (including phenoxy) is 1. The first-order valence-electron chi connectivity index (χ1n) is 5.44. The third kappa shape index (κ3) is 3.05. The van der Waals surface area contributed by atoms with Crippen LogP contribution in [0.5, 0.6) is 5.75 Å². The van der Waals surface area contributed by atoms with Gasteiger partial charge in [-0.15, -0.1) is 23.2 Å². The predicted octanol–water partition coefficient (Wildman–Crippen LogP) is 3.22. The van der Waals surface area contributed by atoms with Gasteiger partial charge in [0, 0.05) is 5.69 Å². The molecule has 1 aliphatic rings. The largest absolute Gasteiger partial charge is 0.494 e. The van der Waals surface area contributed by atoms with E-state index in [1.807, 2.05) is 6.92 Å². The number of benzene rings is 1. The summed E-state index contributed by atoms with van der Waals surface area (Å²) in [5, 5.41) is 2.77. The Morgan fingerprint density at radius 2 is 2.06 bits per heavy atom. The monoisotopic (exact) mass is 273 g/mol. The molecule has 0 spiro atoms. The molecule has 0 saturated heterocycles. The summed E-state index contributed by atoms with van der Waals surface area (Å²) in [5.74, 6) is 0.331. The molecule has 1 fully saturated rings. The van der Waals surface area contributed by atoms with Gasteiger partial charge in [-0.05, 0) is 37.6 Å². The molecule has 0 aliphatic heterocycles. The summed E-state index contributed by atoms with van der Waals surface area (Å²) in [4.78, 5) is 11.7. The van der Waals surface area contributed by atoms with E-state index in [1.165, 1.54) is 0 Å². The fourth-order valence-corrected chi connectivity index (χ4v) is 2.04. The van der Waals surface area contributed by atoms with E-state index in [0.29, 0.717) is 13.0 Å². The van der Waals surface area contributed by atoms with Gasteiger partial charge in [0.2, 0.25) is 5.91 Å². The SMILES string of the molecule is CCOc1ccc(NC(=O)[C@@H]2CC2(Cl)Cl)cc1. The molecule has 0 unspecified atom stereocenters. The molecule has 0 bridgehead atoms. The van der Waals surface area contributed by atoms with E-state index in [0.717, 1.165) is 11.4 Å². The van der Waals surface area contributed by atoms with Crippen molar-refractivity contribution in [3.63, 3.8) is 0 Å². The van der Waals surface area contributed by atoms with Gasteiger partial charge in [0.25, 0.3) is 0 Å². The number of hydrogen-bond acceptors (Lipinski definition) is 2. The van der Waals surface area contributed by atoms with Crippen molar-refractivity contribution in [1.29, 1.82) is 0 Å². The molecule has 1 atom stereocenters. The lowest BCUT2D eigenvalue weighted by Crippen LogP contribution is -2.16. The first-order valence-corrected chi connectivity index (χ1v) is 6.20. The summed E-state index contributed by atoms with van der Waals surface area (Å²) in [5.41, 5.74) is 0.717. The van der Waals surface area contributed by atoms with E-state index in [4.69, 9.17) is 27.9 Å². The van der Waals surface area contributed by atoms with E-state index >= 15 is 0 Å². The third-order valence-corrected chi connectivity index (χ3v) is 3.41. The lowest BCUT2D eigenvalue weighted by atomic mass is 10.3. The maximum absolute atomic E-state index is 11.7. The van der Waals surface area contributed by atoms with Crippen LogP contribution in [0.3, 0.4) is 0 Å². The highest BCUT2D eigenvalue weighted by atomic mass is 35.5. The van der Waals surface area contributed by atoms with Crippen LogP contribution in [0, 0.1) is 5.92 Å². The minimum absolute atomic E-state index is 0.140. The summed E-state index contributed by atoms with van der Waals surface area (Å²) in [6, 6.07) is 7.19. The van der Waals surface area contributed by atoms with E-state index in [1.54, 1.807) is 24.3 Å². The van der Waals surface area contributed by atoms with E-state index in [9.17, 15) is 4.79 Å².